The summed E-state index contributed by atoms with van der Waals surface area (Å²) in [5.41, 5.74) is 2.40. The van der Waals surface area contributed by atoms with Crippen LogP contribution >= 0.6 is 0 Å². The van der Waals surface area contributed by atoms with Crippen molar-refractivity contribution in [2.24, 2.45) is 0 Å². The maximum atomic E-state index is 12.7. The van der Waals surface area contributed by atoms with E-state index in [1.807, 2.05) is 30.5 Å². The van der Waals surface area contributed by atoms with Crippen molar-refractivity contribution in [2.75, 3.05) is 26.5 Å². The van der Waals surface area contributed by atoms with Crippen LogP contribution in [0, 0.1) is 0 Å². The fourth-order valence-corrected chi connectivity index (χ4v) is 2.79. The van der Waals surface area contributed by atoms with E-state index in [1.54, 1.807) is 49.2 Å². The number of anilines is 1. The molecule has 1 heterocycles. The highest BCUT2D eigenvalue weighted by atomic mass is 16.5. The van der Waals surface area contributed by atoms with Crippen molar-refractivity contribution < 1.29 is 14.3 Å². The second-order valence-corrected chi connectivity index (χ2v) is 6.47. The van der Waals surface area contributed by atoms with Gasteiger partial charge in [-0.05, 0) is 42.0 Å². The van der Waals surface area contributed by atoms with Gasteiger partial charge in [0.1, 0.15) is 5.75 Å². The maximum absolute atomic E-state index is 12.7. The molecule has 0 unspecified atom stereocenters. The number of carbonyl (C=O) groups is 2. The molecule has 1 aromatic heterocycles. The number of benzene rings is 2. The number of rotatable bonds is 6. The molecule has 0 saturated carbocycles. The molecule has 0 fully saturated rings. The van der Waals surface area contributed by atoms with E-state index in [1.165, 1.54) is 12.0 Å². The second kappa shape index (κ2) is 8.39. The van der Waals surface area contributed by atoms with Crippen LogP contribution in [0.25, 0.3) is 0 Å². The highest BCUT2D eigenvalue weighted by Gasteiger charge is 2.16. The summed E-state index contributed by atoms with van der Waals surface area (Å²) >= 11 is 0. The summed E-state index contributed by atoms with van der Waals surface area (Å²) < 4.78 is 7.05. The minimum Gasteiger partial charge on any atom is -0.496 e. The summed E-state index contributed by atoms with van der Waals surface area (Å²) in [5.74, 6) is 0.00261. The van der Waals surface area contributed by atoms with Gasteiger partial charge in [0, 0.05) is 37.7 Å². The summed E-state index contributed by atoms with van der Waals surface area (Å²) in [4.78, 5) is 26.5. The Morgan fingerprint density at radius 1 is 1.14 bits per heavy atom. The molecule has 0 bridgehead atoms. The molecular weight excluding hydrogens is 356 g/mol. The summed E-state index contributed by atoms with van der Waals surface area (Å²) in [7, 11) is 4.83. The number of hydrogen-bond acceptors (Lipinski definition) is 4. The van der Waals surface area contributed by atoms with Crippen LogP contribution in [0.1, 0.15) is 26.3 Å². The average molecular weight is 378 g/mol. The van der Waals surface area contributed by atoms with E-state index in [0.717, 1.165) is 5.56 Å². The molecule has 0 saturated heterocycles. The first kappa shape index (κ1) is 19.2. The third-order valence-corrected chi connectivity index (χ3v) is 4.19. The van der Waals surface area contributed by atoms with Gasteiger partial charge in [-0.1, -0.05) is 12.1 Å². The third kappa shape index (κ3) is 4.37. The molecule has 0 radical (unpaired) electrons. The SMILES string of the molecule is COc1ccc(NC(=O)c2cccc(Cn3cccn3)c2)cc1C(=O)N(C)C. The normalized spacial score (nSPS) is 10.4. The number of hydrogen-bond donors (Lipinski definition) is 1. The fourth-order valence-electron chi connectivity index (χ4n) is 2.79. The van der Waals surface area contributed by atoms with Crippen molar-refractivity contribution in [3.8, 4) is 5.75 Å². The number of ether oxygens (including phenoxy) is 1. The number of nitrogens with one attached hydrogen (secondary N) is 1. The monoisotopic (exact) mass is 378 g/mol. The first-order chi connectivity index (χ1) is 13.5. The molecule has 144 valence electrons. The minimum atomic E-state index is -0.254. The molecule has 0 spiro atoms. The number of amides is 2. The van der Waals surface area contributed by atoms with Crippen molar-refractivity contribution in [3.05, 3.63) is 77.6 Å². The van der Waals surface area contributed by atoms with E-state index in [4.69, 9.17) is 4.74 Å². The van der Waals surface area contributed by atoms with Gasteiger partial charge in [0.25, 0.3) is 11.8 Å². The Morgan fingerprint density at radius 2 is 1.96 bits per heavy atom. The Balaban J connectivity index is 1.79. The highest BCUT2D eigenvalue weighted by Crippen LogP contribution is 2.24. The lowest BCUT2D eigenvalue weighted by atomic mass is 10.1. The van der Waals surface area contributed by atoms with Crippen molar-refractivity contribution in [1.82, 2.24) is 14.7 Å². The predicted octanol–water partition coefficient (Wildman–Crippen LogP) is 2.89. The van der Waals surface area contributed by atoms with Gasteiger partial charge in [-0.25, -0.2) is 0 Å². The molecule has 7 nitrogen and oxygen atoms in total. The van der Waals surface area contributed by atoms with Crippen LogP contribution in [-0.2, 0) is 6.54 Å². The van der Waals surface area contributed by atoms with Crippen molar-refractivity contribution in [2.45, 2.75) is 6.54 Å². The van der Waals surface area contributed by atoms with Crippen LogP contribution < -0.4 is 10.1 Å². The van der Waals surface area contributed by atoms with E-state index in [0.29, 0.717) is 29.1 Å². The van der Waals surface area contributed by atoms with Crippen LogP contribution in [0.3, 0.4) is 0 Å². The summed E-state index contributed by atoms with van der Waals surface area (Å²) in [6.07, 6.45) is 3.58. The fraction of sp³-hybridized carbons (Fsp3) is 0.190. The summed E-state index contributed by atoms with van der Waals surface area (Å²) in [5, 5.41) is 7.02. The van der Waals surface area contributed by atoms with Crippen LogP contribution in [0.4, 0.5) is 5.69 Å². The van der Waals surface area contributed by atoms with Gasteiger partial charge >= 0.3 is 0 Å². The smallest absolute Gasteiger partial charge is 0.257 e. The first-order valence-electron chi connectivity index (χ1n) is 8.75. The van der Waals surface area contributed by atoms with E-state index < -0.39 is 0 Å². The Morgan fingerprint density at radius 3 is 2.64 bits per heavy atom. The maximum Gasteiger partial charge on any atom is 0.257 e. The van der Waals surface area contributed by atoms with E-state index >= 15 is 0 Å². The van der Waals surface area contributed by atoms with Gasteiger partial charge in [0.05, 0.1) is 19.2 Å². The number of nitrogens with zero attached hydrogens (tertiary/aromatic N) is 3. The highest BCUT2D eigenvalue weighted by molar-refractivity contribution is 6.05. The number of aromatic nitrogens is 2. The molecule has 0 aliphatic heterocycles. The largest absolute Gasteiger partial charge is 0.496 e. The second-order valence-electron chi connectivity index (χ2n) is 6.47. The van der Waals surface area contributed by atoms with Gasteiger partial charge in [0.15, 0.2) is 0 Å². The van der Waals surface area contributed by atoms with Crippen LogP contribution in [0.15, 0.2) is 60.9 Å². The Kier molecular flexibility index (Phi) is 5.74. The molecule has 0 aliphatic carbocycles. The van der Waals surface area contributed by atoms with Gasteiger partial charge in [-0.3, -0.25) is 14.3 Å². The van der Waals surface area contributed by atoms with Gasteiger partial charge in [-0.2, -0.15) is 5.10 Å². The minimum absolute atomic E-state index is 0.200. The lowest BCUT2D eigenvalue weighted by Gasteiger charge is -2.15. The summed E-state index contributed by atoms with van der Waals surface area (Å²) in [6.45, 7) is 0.581. The topological polar surface area (TPSA) is 76.5 Å². The van der Waals surface area contributed by atoms with Crippen molar-refractivity contribution >= 4 is 17.5 Å². The molecule has 2 amide bonds. The molecule has 28 heavy (non-hydrogen) atoms. The zero-order chi connectivity index (χ0) is 20.1. The zero-order valence-corrected chi connectivity index (χ0v) is 16.0. The Labute approximate surface area is 163 Å². The van der Waals surface area contributed by atoms with E-state index in [9.17, 15) is 9.59 Å². The Bertz CT molecular complexity index is 981. The van der Waals surface area contributed by atoms with Gasteiger partial charge in [-0.15, -0.1) is 0 Å². The van der Waals surface area contributed by atoms with Crippen LogP contribution in [-0.4, -0.2) is 47.7 Å². The molecular formula is C21H22N4O3. The lowest BCUT2D eigenvalue weighted by Crippen LogP contribution is -2.22. The third-order valence-electron chi connectivity index (χ3n) is 4.19. The lowest BCUT2D eigenvalue weighted by molar-refractivity contribution is 0.0824. The number of methoxy groups -OCH3 is 1. The molecule has 3 rings (SSSR count). The first-order valence-corrected chi connectivity index (χ1v) is 8.75. The molecule has 1 N–H and O–H groups in total. The number of carbonyl (C=O) groups excluding carboxylic acids is 2. The van der Waals surface area contributed by atoms with Gasteiger partial charge < -0.3 is 15.0 Å². The Hall–Kier alpha value is -3.61. The van der Waals surface area contributed by atoms with E-state index in [2.05, 4.69) is 10.4 Å². The molecule has 2 aromatic carbocycles. The van der Waals surface area contributed by atoms with Crippen molar-refractivity contribution in [1.29, 1.82) is 0 Å². The van der Waals surface area contributed by atoms with Gasteiger partial charge in [0.2, 0.25) is 0 Å². The molecule has 3 aromatic rings. The molecule has 7 heteroatoms. The summed E-state index contributed by atoms with van der Waals surface area (Å²) in [6, 6.07) is 14.2. The quantitative estimate of drug-likeness (QED) is 0.716. The standard InChI is InChI=1S/C21H22N4O3/c1-24(2)21(27)18-13-17(8-9-19(18)28-3)23-20(26)16-7-4-6-15(12-16)14-25-11-5-10-22-25/h4-13H,14H2,1-3H3,(H,23,26). The predicted molar refractivity (Wildman–Crippen MR) is 107 cm³/mol. The van der Waals surface area contributed by atoms with Crippen LogP contribution in [0.5, 0.6) is 5.75 Å². The van der Waals surface area contributed by atoms with E-state index in [-0.39, 0.29) is 11.8 Å². The van der Waals surface area contributed by atoms with Crippen molar-refractivity contribution in [3.63, 3.8) is 0 Å². The van der Waals surface area contributed by atoms with Crippen LogP contribution in [0.2, 0.25) is 0 Å². The molecule has 0 aliphatic rings. The molecule has 0 atom stereocenters. The zero-order valence-electron chi connectivity index (χ0n) is 16.0. The average Bonchev–Trinajstić information content (AvgIpc) is 3.20.